The van der Waals surface area contributed by atoms with E-state index in [1.165, 1.54) is 0 Å². The number of aliphatic hydroxyl groups is 1. The Labute approximate surface area is 129 Å². The van der Waals surface area contributed by atoms with Gasteiger partial charge in [-0.2, -0.15) is 5.10 Å². The van der Waals surface area contributed by atoms with E-state index in [1.807, 2.05) is 23.9 Å². The lowest BCUT2D eigenvalue weighted by Gasteiger charge is -2.16. The largest absolute Gasteiger partial charge is 0.506 e. The van der Waals surface area contributed by atoms with Crippen molar-refractivity contribution >= 4 is 0 Å². The smallest absolute Gasteiger partial charge is 0.138 e. The minimum absolute atomic E-state index is 0.0299. The van der Waals surface area contributed by atoms with Crippen molar-refractivity contribution in [3.05, 3.63) is 42.0 Å². The van der Waals surface area contributed by atoms with E-state index in [9.17, 15) is 10.2 Å². The van der Waals surface area contributed by atoms with Crippen LogP contribution < -0.4 is 5.32 Å². The molecule has 3 atom stereocenters. The number of rotatable bonds is 5. The molecule has 3 rings (SSSR count). The Kier molecular flexibility index (Phi) is 4.40. The van der Waals surface area contributed by atoms with Crippen LogP contribution in [0.2, 0.25) is 0 Å². The van der Waals surface area contributed by atoms with Gasteiger partial charge < -0.3 is 15.5 Å². The van der Waals surface area contributed by atoms with Gasteiger partial charge in [0.05, 0.1) is 11.8 Å². The number of aryl methyl sites for hydroxylation is 1. The first-order valence-corrected chi connectivity index (χ1v) is 7.66. The summed E-state index contributed by atoms with van der Waals surface area (Å²) in [7, 11) is 0. The van der Waals surface area contributed by atoms with E-state index in [4.69, 9.17) is 0 Å². The highest BCUT2D eigenvalue weighted by molar-refractivity contribution is 5.27. The fourth-order valence-corrected chi connectivity index (χ4v) is 3.12. The molecule has 0 saturated heterocycles. The number of hydrogen-bond donors (Lipinski definition) is 3. The highest BCUT2D eigenvalue weighted by Gasteiger charge is 2.32. The van der Waals surface area contributed by atoms with Crippen LogP contribution >= 0.6 is 0 Å². The van der Waals surface area contributed by atoms with E-state index in [1.54, 1.807) is 18.3 Å². The molecule has 2 heterocycles. The van der Waals surface area contributed by atoms with Crippen molar-refractivity contribution in [2.75, 3.05) is 0 Å². The van der Waals surface area contributed by atoms with Crippen LogP contribution in [0.15, 0.2) is 30.6 Å². The number of aliphatic hydroxyl groups excluding tert-OH is 1. The van der Waals surface area contributed by atoms with Gasteiger partial charge in [0.25, 0.3) is 0 Å². The molecule has 3 N–H and O–H groups in total. The summed E-state index contributed by atoms with van der Waals surface area (Å²) in [5, 5.41) is 27.6. The Morgan fingerprint density at radius 3 is 3.00 bits per heavy atom. The predicted octanol–water partition coefficient (Wildman–Crippen LogP) is 1.22. The van der Waals surface area contributed by atoms with Crippen molar-refractivity contribution < 1.29 is 10.2 Å². The van der Waals surface area contributed by atoms with Crippen LogP contribution in [-0.4, -0.2) is 37.1 Å². The third kappa shape index (κ3) is 3.45. The molecule has 0 bridgehead atoms. The van der Waals surface area contributed by atoms with Gasteiger partial charge in [-0.25, -0.2) is 0 Å². The molecule has 2 aromatic heterocycles. The van der Waals surface area contributed by atoms with Crippen molar-refractivity contribution in [2.24, 2.45) is 5.92 Å². The Bertz CT molecular complexity index is 615. The third-order valence-corrected chi connectivity index (χ3v) is 4.25. The van der Waals surface area contributed by atoms with E-state index in [2.05, 4.69) is 15.4 Å². The summed E-state index contributed by atoms with van der Waals surface area (Å²) in [6.07, 6.45) is 5.01. The summed E-state index contributed by atoms with van der Waals surface area (Å²) in [4.78, 5) is 4.33. The van der Waals surface area contributed by atoms with Crippen LogP contribution in [0.5, 0.6) is 5.75 Å². The molecule has 0 radical (unpaired) electrons. The Balaban J connectivity index is 1.55. The molecule has 6 heteroatoms. The summed E-state index contributed by atoms with van der Waals surface area (Å²) < 4.78 is 1.91. The SMILES string of the molecule is Cc1ccc(O)c(CN[C@@H]2CC(Cn3cccn3)C[C@H]2O)n1. The van der Waals surface area contributed by atoms with Crippen molar-refractivity contribution in [1.29, 1.82) is 0 Å². The molecule has 0 amide bonds. The molecular formula is C16H22N4O2. The Morgan fingerprint density at radius 1 is 1.36 bits per heavy atom. The van der Waals surface area contributed by atoms with Crippen LogP contribution in [-0.2, 0) is 13.1 Å². The maximum atomic E-state index is 10.2. The summed E-state index contributed by atoms with van der Waals surface area (Å²) in [6, 6.07) is 5.38. The van der Waals surface area contributed by atoms with Gasteiger partial charge in [-0.1, -0.05) is 0 Å². The second-order valence-electron chi connectivity index (χ2n) is 6.04. The van der Waals surface area contributed by atoms with Gasteiger partial charge in [-0.3, -0.25) is 9.67 Å². The van der Waals surface area contributed by atoms with Crippen molar-refractivity contribution in [2.45, 2.75) is 45.0 Å². The van der Waals surface area contributed by atoms with Gasteiger partial charge in [0.1, 0.15) is 5.75 Å². The standard InChI is InChI=1S/C16H22N4O2/c1-11-3-4-15(21)14(19-11)9-17-13-7-12(8-16(13)22)10-20-6-2-5-18-20/h2-6,12-13,16-17,21-22H,7-10H2,1H3/t12?,13-,16-/m1/s1. The lowest BCUT2D eigenvalue weighted by Crippen LogP contribution is -2.35. The number of nitrogens with zero attached hydrogens (tertiary/aromatic N) is 3. The minimum Gasteiger partial charge on any atom is -0.506 e. The summed E-state index contributed by atoms with van der Waals surface area (Å²) >= 11 is 0. The number of aromatic nitrogens is 3. The molecule has 0 aromatic carbocycles. The van der Waals surface area contributed by atoms with E-state index in [0.29, 0.717) is 18.2 Å². The first kappa shape index (κ1) is 15.0. The van der Waals surface area contributed by atoms with Gasteiger partial charge in [-0.05, 0) is 43.9 Å². The van der Waals surface area contributed by atoms with E-state index in [-0.39, 0.29) is 17.9 Å². The highest BCUT2D eigenvalue weighted by Crippen LogP contribution is 2.28. The van der Waals surface area contributed by atoms with Crippen LogP contribution in [0.1, 0.15) is 24.2 Å². The van der Waals surface area contributed by atoms with Crippen molar-refractivity contribution in [1.82, 2.24) is 20.1 Å². The minimum atomic E-state index is -0.368. The van der Waals surface area contributed by atoms with Crippen molar-refractivity contribution in [3.63, 3.8) is 0 Å². The lowest BCUT2D eigenvalue weighted by atomic mass is 10.1. The molecular weight excluding hydrogens is 280 g/mol. The van der Waals surface area contributed by atoms with Gasteiger partial charge in [0.2, 0.25) is 0 Å². The Morgan fingerprint density at radius 2 is 2.23 bits per heavy atom. The van der Waals surface area contributed by atoms with Crippen LogP contribution in [0.25, 0.3) is 0 Å². The zero-order chi connectivity index (χ0) is 15.5. The molecule has 0 spiro atoms. The topological polar surface area (TPSA) is 83.2 Å². The van der Waals surface area contributed by atoms with Crippen molar-refractivity contribution in [3.8, 4) is 5.75 Å². The average Bonchev–Trinajstić information content (AvgIpc) is 3.10. The average molecular weight is 302 g/mol. The first-order chi connectivity index (χ1) is 10.6. The van der Waals surface area contributed by atoms with Gasteiger partial charge in [0, 0.05) is 37.2 Å². The molecule has 1 saturated carbocycles. The first-order valence-electron chi connectivity index (χ1n) is 7.66. The van der Waals surface area contributed by atoms with Gasteiger partial charge >= 0.3 is 0 Å². The molecule has 1 aliphatic rings. The molecule has 1 unspecified atom stereocenters. The quantitative estimate of drug-likeness (QED) is 0.773. The maximum Gasteiger partial charge on any atom is 0.138 e. The zero-order valence-corrected chi connectivity index (χ0v) is 12.7. The van der Waals surface area contributed by atoms with Gasteiger partial charge in [0.15, 0.2) is 0 Å². The molecule has 118 valence electrons. The lowest BCUT2D eigenvalue weighted by molar-refractivity contribution is 0.145. The zero-order valence-electron chi connectivity index (χ0n) is 12.7. The molecule has 1 aliphatic carbocycles. The summed E-state index contributed by atoms with van der Waals surface area (Å²) in [5.41, 5.74) is 1.50. The summed E-state index contributed by atoms with van der Waals surface area (Å²) in [5.74, 6) is 0.602. The third-order valence-electron chi connectivity index (χ3n) is 4.25. The van der Waals surface area contributed by atoms with Gasteiger partial charge in [-0.15, -0.1) is 0 Å². The predicted molar refractivity (Wildman–Crippen MR) is 82.2 cm³/mol. The monoisotopic (exact) mass is 302 g/mol. The molecule has 6 nitrogen and oxygen atoms in total. The van der Waals surface area contributed by atoms with Crippen LogP contribution in [0, 0.1) is 12.8 Å². The highest BCUT2D eigenvalue weighted by atomic mass is 16.3. The maximum absolute atomic E-state index is 10.2. The fraction of sp³-hybridized carbons (Fsp3) is 0.500. The van der Waals surface area contributed by atoms with Crippen LogP contribution in [0.4, 0.5) is 0 Å². The second-order valence-corrected chi connectivity index (χ2v) is 6.04. The number of pyridine rings is 1. The van der Waals surface area contributed by atoms with E-state index < -0.39 is 0 Å². The molecule has 2 aromatic rings. The number of hydrogen-bond acceptors (Lipinski definition) is 5. The van der Waals surface area contributed by atoms with E-state index in [0.717, 1.165) is 25.1 Å². The fourth-order valence-electron chi connectivity index (χ4n) is 3.12. The van der Waals surface area contributed by atoms with Crippen LogP contribution in [0.3, 0.4) is 0 Å². The molecule has 1 fully saturated rings. The molecule has 22 heavy (non-hydrogen) atoms. The number of nitrogens with one attached hydrogen (secondary N) is 1. The summed E-state index contributed by atoms with van der Waals surface area (Å²) in [6.45, 7) is 3.19. The second kappa shape index (κ2) is 6.46. The Hall–Kier alpha value is -1.92. The normalized spacial score (nSPS) is 24.7. The van der Waals surface area contributed by atoms with E-state index >= 15 is 0 Å². The molecule has 0 aliphatic heterocycles. The number of aromatic hydroxyl groups is 1.